The summed E-state index contributed by atoms with van der Waals surface area (Å²) in [6, 6.07) is 10.2. The van der Waals surface area contributed by atoms with Crippen LogP contribution in [0.15, 0.2) is 30.3 Å². The molecule has 0 spiro atoms. The van der Waals surface area contributed by atoms with Crippen molar-refractivity contribution >= 4 is 0 Å². The molecule has 0 aliphatic rings. The van der Waals surface area contributed by atoms with E-state index in [1.165, 1.54) is 5.56 Å². The van der Waals surface area contributed by atoms with Gasteiger partial charge in [-0.3, -0.25) is 0 Å². The highest BCUT2D eigenvalue weighted by Crippen LogP contribution is 2.15. The average molecular weight is 237 g/mol. The first-order valence-electron chi connectivity index (χ1n) is 6.28. The molecule has 1 aromatic carbocycles. The van der Waals surface area contributed by atoms with E-state index in [9.17, 15) is 5.11 Å². The molecule has 0 bridgehead atoms. The molecule has 3 heteroatoms. The second-order valence-corrected chi connectivity index (χ2v) is 4.54. The fraction of sp³-hybridized carbons (Fsp3) is 0.571. The first kappa shape index (κ1) is 14.2. The van der Waals surface area contributed by atoms with Gasteiger partial charge in [0.1, 0.15) is 0 Å². The largest absolute Gasteiger partial charge is 0.393 e. The SMILES string of the molecule is CCCC(O)(CO)CCNCc1ccccc1. The molecule has 0 aliphatic carbocycles. The minimum Gasteiger partial charge on any atom is -0.393 e. The van der Waals surface area contributed by atoms with Crippen molar-refractivity contribution in [3.05, 3.63) is 35.9 Å². The molecule has 0 aliphatic heterocycles. The van der Waals surface area contributed by atoms with Gasteiger partial charge in [-0.2, -0.15) is 0 Å². The van der Waals surface area contributed by atoms with Crippen LogP contribution in [0, 0.1) is 0 Å². The predicted octanol–water partition coefficient (Wildman–Crippen LogP) is 1.69. The molecule has 0 heterocycles. The van der Waals surface area contributed by atoms with E-state index in [1.54, 1.807) is 0 Å². The fourth-order valence-corrected chi connectivity index (χ4v) is 1.90. The summed E-state index contributed by atoms with van der Waals surface area (Å²) in [6.45, 7) is 3.37. The zero-order valence-corrected chi connectivity index (χ0v) is 10.5. The van der Waals surface area contributed by atoms with Gasteiger partial charge in [0, 0.05) is 6.54 Å². The van der Waals surface area contributed by atoms with Crippen LogP contribution >= 0.6 is 0 Å². The maximum absolute atomic E-state index is 10.0. The Morgan fingerprint density at radius 2 is 1.88 bits per heavy atom. The molecular formula is C14H23NO2. The van der Waals surface area contributed by atoms with E-state index in [2.05, 4.69) is 17.4 Å². The maximum atomic E-state index is 10.0. The van der Waals surface area contributed by atoms with E-state index >= 15 is 0 Å². The highest BCUT2D eigenvalue weighted by molar-refractivity contribution is 5.14. The number of rotatable bonds is 8. The topological polar surface area (TPSA) is 52.5 Å². The Balaban J connectivity index is 2.23. The number of benzene rings is 1. The fourth-order valence-electron chi connectivity index (χ4n) is 1.90. The Bertz CT molecular complexity index is 302. The van der Waals surface area contributed by atoms with E-state index in [0.29, 0.717) is 19.4 Å². The molecule has 1 rings (SSSR count). The van der Waals surface area contributed by atoms with Crippen LogP contribution in [-0.4, -0.2) is 29.0 Å². The first-order valence-corrected chi connectivity index (χ1v) is 6.28. The second kappa shape index (κ2) is 7.43. The molecule has 96 valence electrons. The van der Waals surface area contributed by atoms with Crippen LogP contribution in [-0.2, 0) is 6.54 Å². The lowest BCUT2D eigenvalue weighted by molar-refractivity contribution is -0.0279. The molecule has 1 aromatic rings. The van der Waals surface area contributed by atoms with E-state index in [0.717, 1.165) is 13.0 Å². The molecule has 3 nitrogen and oxygen atoms in total. The summed E-state index contributed by atoms with van der Waals surface area (Å²) in [5.74, 6) is 0. The summed E-state index contributed by atoms with van der Waals surface area (Å²) < 4.78 is 0. The van der Waals surface area contributed by atoms with Crippen LogP contribution in [0.4, 0.5) is 0 Å². The summed E-state index contributed by atoms with van der Waals surface area (Å²) in [6.07, 6.45) is 2.12. The predicted molar refractivity (Wildman–Crippen MR) is 69.7 cm³/mol. The Labute approximate surface area is 103 Å². The molecule has 0 radical (unpaired) electrons. The molecule has 0 aromatic heterocycles. The molecule has 0 saturated carbocycles. The minimum atomic E-state index is -0.918. The van der Waals surface area contributed by atoms with Crippen molar-refractivity contribution in [2.24, 2.45) is 0 Å². The van der Waals surface area contributed by atoms with Gasteiger partial charge in [0.15, 0.2) is 0 Å². The van der Waals surface area contributed by atoms with E-state index in [4.69, 9.17) is 5.11 Å². The molecule has 1 unspecified atom stereocenters. The monoisotopic (exact) mass is 237 g/mol. The number of nitrogens with one attached hydrogen (secondary N) is 1. The van der Waals surface area contributed by atoms with Crippen molar-refractivity contribution in [3.8, 4) is 0 Å². The average Bonchev–Trinajstić information content (AvgIpc) is 2.36. The number of hydrogen-bond acceptors (Lipinski definition) is 3. The Kier molecular flexibility index (Phi) is 6.19. The van der Waals surface area contributed by atoms with Gasteiger partial charge < -0.3 is 15.5 Å². The quantitative estimate of drug-likeness (QED) is 0.603. The van der Waals surface area contributed by atoms with Gasteiger partial charge >= 0.3 is 0 Å². The lowest BCUT2D eigenvalue weighted by Gasteiger charge is -2.25. The molecule has 0 fully saturated rings. The van der Waals surface area contributed by atoms with Crippen LogP contribution < -0.4 is 5.32 Å². The van der Waals surface area contributed by atoms with Gasteiger partial charge in [0.25, 0.3) is 0 Å². The molecular weight excluding hydrogens is 214 g/mol. The van der Waals surface area contributed by atoms with Crippen molar-refractivity contribution in [3.63, 3.8) is 0 Å². The third kappa shape index (κ3) is 5.31. The third-order valence-corrected chi connectivity index (χ3v) is 2.95. The summed E-state index contributed by atoms with van der Waals surface area (Å²) in [4.78, 5) is 0. The highest BCUT2D eigenvalue weighted by atomic mass is 16.3. The molecule has 0 saturated heterocycles. The van der Waals surface area contributed by atoms with Crippen LogP contribution in [0.5, 0.6) is 0 Å². The summed E-state index contributed by atoms with van der Waals surface area (Å²) in [7, 11) is 0. The maximum Gasteiger partial charge on any atom is 0.0889 e. The normalized spacial score (nSPS) is 14.5. The van der Waals surface area contributed by atoms with E-state index in [1.807, 2.05) is 25.1 Å². The Hall–Kier alpha value is -0.900. The summed E-state index contributed by atoms with van der Waals surface area (Å²) in [5, 5.41) is 22.5. The van der Waals surface area contributed by atoms with Gasteiger partial charge in [0.2, 0.25) is 0 Å². The van der Waals surface area contributed by atoms with Crippen LogP contribution in [0.3, 0.4) is 0 Å². The van der Waals surface area contributed by atoms with E-state index in [-0.39, 0.29) is 6.61 Å². The van der Waals surface area contributed by atoms with Gasteiger partial charge in [-0.1, -0.05) is 43.7 Å². The molecule has 0 amide bonds. The second-order valence-electron chi connectivity index (χ2n) is 4.54. The minimum absolute atomic E-state index is 0.159. The number of aliphatic hydroxyl groups is 2. The van der Waals surface area contributed by atoms with Crippen molar-refractivity contribution in [2.75, 3.05) is 13.2 Å². The highest BCUT2D eigenvalue weighted by Gasteiger charge is 2.23. The van der Waals surface area contributed by atoms with Gasteiger partial charge in [-0.15, -0.1) is 0 Å². The number of aliphatic hydroxyl groups excluding tert-OH is 1. The summed E-state index contributed by atoms with van der Waals surface area (Å²) >= 11 is 0. The third-order valence-electron chi connectivity index (χ3n) is 2.95. The van der Waals surface area contributed by atoms with Crippen molar-refractivity contribution in [2.45, 2.75) is 38.3 Å². The number of hydrogen-bond donors (Lipinski definition) is 3. The van der Waals surface area contributed by atoms with Gasteiger partial charge in [-0.25, -0.2) is 0 Å². The molecule has 17 heavy (non-hydrogen) atoms. The van der Waals surface area contributed by atoms with Crippen LogP contribution in [0.2, 0.25) is 0 Å². The van der Waals surface area contributed by atoms with Crippen molar-refractivity contribution in [1.82, 2.24) is 5.32 Å². The van der Waals surface area contributed by atoms with E-state index < -0.39 is 5.60 Å². The first-order chi connectivity index (χ1) is 8.20. The smallest absolute Gasteiger partial charge is 0.0889 e. The zero-order valence-electron chi connectivity index (χ0n) is 10.5. The van der Waals surface area contributed by atoms with Gasteiger partial charge in [-0.05, 0) is 24.9 Å². The Morgan fingerprint density at radius 1 is 1.18 bits per heavy atom. The zero-order chi connectivity index (χ0) is 12.6. The lowest BCUT2D eigenvalue weighted by Crippen LogP contribution is -2.36. The molecule has 1 atom stereocenters. The lowest BCUT2D eigenvalue weighted by atomic mass is 9.95. The van der Waals surface area contributed by atoms with Crippen LogP contribution in [0.25, 0.3) is 0 Å². The summed E-state index contributed by atoms with van der Waals surface area (Å²) in [5.41, 5.74) is 0.314. The van der Waals surface area contributed by atoms with Crippen LogP contribution in [0.1, 0.15) is 31.7 Å². The van der Waals surface area contributed by atoms with Crippen molar-refractivity contribution in [1.29, 1.82) is 0 Å². The molecule has 3 N–H and O–H groups in total. The van der Waals surface area contributed by atoms with Gasteiger partial charge in [0.05, 0.1) is 12.2 Å². The van der Waals surface area contributed by atoms with Crippen molar-refractivity contribution < 1.29 is 10.2 Å². The Morgan fingerprint density at radius 3 is 2.47 bits per heavy atom. The standard InChI is InChI=1S/C14H23NO2/c1-2-8-14(17,12-16)9-10-15-11-13-6-4-3-5-7-13/h3-7,15-17H,2,8-12H2,1H3.